The maximum atomic E-state index is 11.7. The highest BCUT2D eigenvalue weighted by atomic mass is 16.2. The molecular formula is C15H23N3O2. The molecule has 0 saturated heterocycles. The van der Waals surface area contributed by atoms with Crippen molar-refractivity contribution in [1.29, 1.82) is 0 Å². The summed E-state index contributed by atoms with van der Waals surface area (Å²) in [5, 5.41) is 5.63. The lowest BCUT2D eigenvalue weighted by atomic mass is 10.1. The molecule has 0 saturated carbocycles. The van der Waals surface area contributed by atoms with Crippen LogP contribution in [-0.4, -0.2) is 18.4 Å². The van der Waals surface area contributed by atoms with Crippen LogP contribution in [0.1, 0.15) is 38.2 Å². The number of carbonyl (C=O) groups excluding carboxylic acids is 2. The van der Waals surface area contributed by atoms with Crippen LogP contribution in [-0.2, 0) is 9.59 Å². The smallest absolute Gasteiger partial charge is 0.225 e. The summed E-state index contributed by atoms with van der Waals surface area (Å²) >= 11 is 0. The first kappa shape index (κ1) is 16.2. The lowest BCUT2D eigenvalue weighted by Crippen LogP contribution is -2.17. The Hall–Kier alpha value is -1.88. The number of hydrogen-bond donors (Lipinski definition) is 3. The second-order valence-electron chi connectivity index (χ2n) is 4.77. The number of carbonyl (C=O) groups is 2. The average Bonchev–Trinajstić information content (AvgIpc) is 2.40. The van der Waals surface area contributed by atoms with Crippen LogP contribution < -0.4 is 16.4 Å². The van der Waals surface area contributed by atoms with Crippen LogP contribution in [0.2, 0.25) is 0 Å². The predicted molar refractivity (Wildman–Crippen MR) is 81.6 cm³/mol. The molecule has 0 atom stereocenters. The van der Waals surface area contributed by atoms with E-state index in [1.165, 1.54) is 0 Å². The second-order valence-corrected chi connectivity index (χ2v) is 4.77. The van der Waals surface area contributed by atoms with Crippen molar-refractivity contribution in [3.63, 3.8) is 0 Å². The largest absolute Gasteiger partial charge is 0.330 e. The normalized spacial score (nSPS) is 10.2. The van der Waals surface area contributed by atoms with E-state index < -0.39 is 0 Å². The van der Waals surface area contributed by atoms with Crippen molar-refractivity contribution in [2.75, 3.05) is 17.2 Å². The number of amides is 2. The van der Waals surface area contributed by atoms with Crippen LogP contribution in [0.25, 0.3) is 0 Å². The molecule has 0 aliphatic heterocycles. The lowest BCUT2D eigenvalue weighted by Gasteiger charge is -2.11. The molecule has 20 heavy (non-hydrogen) atoms. The second kappa shape index (κ2) is 8.32. The molecule has 0 fully saturated rings. The molecule has 0 unspecified atom stereocenters. The van der Waals surface area contributed by atoms with Crippen molar-refractivity contribution >= 4 is 23.2 Å². The number of nitrogens with two attached hydrogens (primary N) is 1. The zero-order valence-corrected chi connectivity index (χ0v) is 12.2. The minimum atomic E-state index is -0.125. The van der Waals surface area contributed by atoms with E-state index in [1.54, 1.807) is 6.07 Å². The molecule has 1 rings (SSSR count). The molecule has 0 aliphatic rings. The van der Waals surface area contributed by atoms with Gasteiger partial charge in [0.25, 0.3) is 0 Å². The summed E-state index contributed by atoms with van der Waals surface area (Å²) in [6, 6.07) is 5.45. The van der Waals surface area contributed by atoms with Crippen LogP contribution in [0.4, 0.5) is 11.4 Å². The summed E-state index contributed by atoms with van der Waals surface area (Å²) in [6.07, 6.45) is 2.66. The summed E-state index contributed by atoms with van der Waals surface area (Å²) < 4.78 is 0. The van der Waals surface area contributed by atoms with Gasteiger partial charge in [0.1, 0.15) is 0 Å². The molecule has 5 nitrogen and oxygen atoms in total. The fourth-order valence-electron chi connectivity index (χ4n) is 1.74. The number of hydrogen-bond acceptors (Lipinski definition) is 3. The Bertz CT molecular complexity index is 472. The summed E-state index contributed by atoms with van der Waals surface area (Å²) in [7, 11) is 0. The third kappa shape index (κ3) is 5.40. The van der Waals surface area contributed by atoms with Crippen molar-refractivity contribution < 1.29 is 9.59 Å². The van der Waals surface area contributed by atoms with Gasteiger partial charge in [-0.3, -0.25) is 9.59 Å². The molecule has 0 radical (unpaired) electrons. The third-order valence-electron chi connectivity index (χ3n) is 2.92. The van der Waals surface area contributed by atoms with Gasteiger partial charge in [0.15, 0.2) is 0 Å². The summed E-state index contributed by atoms with van der Waals surface area (Å²) in [6.45, 7) is 4.28. The predicted octanol–water partition coefficient (Wildman–Crippen LogP) is 2.41. The minimum Gasteiger partial charge on any atom is -0.330 e. The van der Waals surface area contributed by atoms with Crippen molar-refractivity contribution in [2.24, 2.45) is 5.73 Å². The fourth-order valence-corrected chi connectivity index (χ4v) is 1.74. The van der Waals surface area contributed by atoms with E-state index in [-0.39, 0.29) is 18.2 Å². The summed E-state index contributed by atoms with van der Waals surface area (Å²) in [5.41, 5.74) is 7.70. The first-order valence-electron chi connectivity index (χ1n) is 6.97. The molecule has 4 N–H and O–H groups in total. The molecule has 0 spiro atoms. The number of unbranched alkanes of at least 4 members (excludes halogenated alkanes) is 1. The van der Waals surface area contributed by atoms with Crippen molar-refractivity contribution in [1.82, 2.24) is 0 Å². The van der Waals surface area contributed by atoms with E-state index >= 15 is 0 Å². The molecular weight excluding hydrogens is 254 g/mol. The maximum absolute atomic E-state index is 11.7. The standard InChI is InChI=1S/C15H23N3O2/c1-3-4-5-14(19)18-13-10-12(7-6-11(13)2)17-15(20)8-9-16/h6-7,10H,3-5,8-9,16H2,1-2H3,(H,17,20)(H,18,19). The van der Waals surface area contributed by atoms with Gasteiger partial charge in [-0.05, 0) is 31.0 Å². The first-order valence-corrected chi connectivity index (χ1v) is 6.97. The van der Waals surface area contributed by atoms with E-state index in [4.69, 9.17) is 5.73 Å². The van der Waals surface area contributed by atoms with E-state index in [9.17, 15) is 9.59 Å². The zero-order chi connectivity index (χ0) is 15.0. The van der Waals surface area contributed by atoms with Gasteiger partial charge in [0.05, 0.1) is 0 Å². The van der Waals surface area contributed by atoms with E-state index in [2.05, 4.69) is 10.6 Å². The van der Waals surface area contributed by atoms with Gasteiger partial charge in [-0.2, -0.15) is 0 Å². The maximum Gasteiger partial charge on any atom is 0.225 e. The van der Waals surface area contributed by atoms with Crippen LogP contribution in [0.5, 0.6) is 0 Å². The Morgan fingerprint density at radius 1 is 1.15 bits per heavy atom. The summed E-state index contributed by atoms with van der Waals surface area (Å²) in [4.78, 5) is 23.2. The molecule has 2 amide bonds. The highest BCUT2D eigenvalue weighted by molar-refractivity contribution is 5.94. The van der Waals surface area contributed by atoms with Crippen LogP contribution in [0.15, 0.2) is 18.2 Å². The molecule has 0 bridgehead atoms. The number of nitrogens with one attached hydrogen (secondary N) is 2. The lowest BCUT2D eigenvalue weighted by molar-refractivity contribution is -0.116. The van der Waals surface area contributed by atoms with Gasteiger partial charge in [0, 0.05) is 30.8 Å². The van der Waals surface area contributed by atoms with Crippen LogP contribution in [0, 0.1) is 6.92 Å². The van der Waals surface area contributed by atoms with Gasteiger partial charge in [-0.25, -0.2) is 0 Å². The van der Waals surface area contributed by atoms with Gasteiger partial charge < -0.3 is 16.4 Å². The Labute approximate surface area is 119 Å². The number of rotatable bonds is 7. The zero-order valence-electron chi connectivity index (χ0n) is 12.2. The van der Waals surface area contributed by atoms with Gasteiger partial charge in [-0.15, -0.1) is 0 Å². The highest BCUT2D eigenvalue weighted by Gasteiger charge is 2.07. The Kier molecular flexibility index (Phi) is 6.73. The number of benzene rings is 1. The summed E-state index contributed by atoms with van der Waals surface area (Å²) in [5.74, 6) is -0.125. The van der Waals surface area contributed by atoms with Gasteiger partial charge >= 0.3 is 0 Å². The Morgan fingerprint density at radius 3 is 2.50 bits per heavy atom. The van der Waals surface area contributed by atoms with Crippen molar-refractivity contribution in [2.45, 2.75) is 39.5 Å². The topological polar surface area (TPSA) is 84.2 Å². The molecule has 0 aromatic heterocycles. The highest BCUT2D eigenvalue weighted by Crippen LogP contribution is 2.20. The number of anilines is 2. The van der Waals surface area contributed by atoms with Crippen LogP contribution >= 0.6 is 0 Å². The van der Waals surface area contributed by atoms with Crippen LogP contribution in [0.3, 0.4) is 0 Å². The Balaban J connectivity index is 2.71. The van der Waals surface area contributed by atoms with Crippen molar-refractivity contribution in [3.05, 3.63) is 23.8 Å². The van der Waals surface area contributed by atoms with Gasteiger partial charge in [0.2, 0.25) is 11.8 Å². The minimum absolute atomic E-state index is 0.000356. The third-order valence-corrected chi connectivity index (χ3v) is 2.92. The first-order chi connectivity index (χ1) is 9.56. The Morgan fingerprint density at radius 2 is 1.85 bits per heavy atom. The molecule has 1 aromatic rings. The average molecular weight is 277 g/mol. The molecule has 0 heterocycles. The SMILES string of the molecule is CCCCC(=O)Nc1cc(NC(=O)CCN)ccc1C. The number of aryl methyl sites for hydroxylation is 1. The quantitative estimate of drug-likeness (QED) is 0.715. The molecule has 5 heteroatoms. The van der Waals surface area contributed by atoms with E-state index in [1.807, 2.05) is 26.0 Å². The van der Waals surface area contributed by atoms with E-state index in [0.717, 1.165) is 24.1 Å². The molecule has 1 aromatic carbocycles. The molecule has 110 valence electrons. The van der Waals surface area contributed by atoms with Crippen molar-refractivity contribution in [3.8, 4) is 0 Å². The monoisotopic (exact) mass is 277 g/mol. The van der Waals surface area contributed by atoms with Gasteiger partial charge in [-0.1, -0.05) is 19.4 Å². The fraction of sp³-hybridized carbons (Fsp3) is 0.467. The van der Waals surface area contributed by atoms with E-state index in [0.29, 0.717) is 18.7 Å². The molecule has 0 aliphatic carbocycles.